The monoisotopic (exact) mass is 454 g/mol. The highest BCUT2D eigenvalue weighted by molar-refractivity contribution is 7.89. The maximum absolute atomic E-state index is 12.9. The zero-order valence-electron chi connectivity index (χ0n) is 18.2. The van der Waals surface area contributed by atoms with Crippen molar-refractivity contribution in [2.45, 2.75) is 24.7 Å². The largest absolute Gasteiger partial charge is 0.497 e. The highest BCUT2D eigenvalue weighted by Gasteiger charge is 2.26. The van der Waals surface area contributed by atoms with Gasteiger partial charge in [0, 0.05) is 42.2 Å². The molecular formula is C24H26N2O5S. The number of Topliss-reactive ketones (excluding diaryl/α,β-unsaturated/α-hetero) is 1. The quantitative estimate of drug-likeness (QED) is 0.509. The van der Waals surface area contributed by atoms with Gasteiger partial charge >= 0.3 is 0 Å². The van der Waals surface area contributed by atoms with Gasteiger partial charge in [-0.3, -0.25) is 9.78 Å². The van der Waals surface area contributed by atoms with Crippen LogP contribution in [-0.2, 0) is 21.2 Å². The van der Waals surface area contributed by atoms with Gasteiger partial charge in [0.1, 0.15) is 5.75 Å². The van der Waals surface area contributed by atoms with E-state index in [9.17, 15) is 13.2 Å². The van der Waals surface area contributed by atoms with Gasteiger partial charge in [0.2, 0.25) is 10.0 Å². The lowest BCUT2D eigenvalue weighted by Crippen LogP contribution is -2.40. The fourth-order valence-electron chi connectivity index (χ4n) is 3.81. The van der Waals surface area contributed by atoms with Crippen molar-refractivity contribution in [3.05, 3.63) is 65.4 Å². The van der Waals surface area contributed by atoms with Crippen molar-refractivity contribution in [2.24, 2.45) is 0 Å². The molecule has 1 aromatic heterocycles. The van der Waals surface area contributed by atoms with Crippen molar-refractivity contribution in [2.75, 3.05) is 33.4 Å². The molecule has 0 amide bonds. The number of hydrogen-bond donors (Lipinski definition) is 0. The number of methoxy groups -OCH3 is 1. The van der Waals surface area contributed by atoms with Crippen molar-refractivity contribution in [1.82, 2.24) is 9.29 Å². The lowest BCUT2D eigenvalue weighted by molar-refractivity contribution is 0.0730. The van der Waals surface area contributed by atoms with E-state index >= 15 is 0 Å². The number of fused-ring (bicyclic) bond motifs is 1. The minimum absolute atomic E-state index is 0.0118. The number of morpholine rings is 1. The van der Waals surface area contributed by atoms with Gasteiger partial charge in [-0.15, -0.1) is 0 Å². The number of rotatable bonds is 7. The van der Waals surface area contributed by atoms with E-state index in [1.807, 2.05) is 31.2 Å². The predicted octanol–water partition coefficient (Wildman–Crippen LogP) is 3.39. The van der Waals surface area contributed by atoms with Crippen LogP contribution in [0.2, 0.25) is 0 Å². The van der Waals surface area contributed by atoms with Gasteiger partial charge in [0.05, 0.1) is 30.7 Å². The van der Waals surface area contributed by atoms with E-state index in [-0.39, 0.29) is 10.7 Å². The fraction of sp³-hybridized carbons (Fsp3) is 0.333. The van der Waals surface area contributed by atoms with Crippen LogP contribution < -0.4 is 4.74 Å². The van der Waals surface area contributed by atoms with E-state index in [1.165, 1.54) is 4.31 Å². The predicted molar refractivity (Wildman–Crippen MR) is 122 cm³/mol. The molecule has 3 aromatic rings. The number of aromatic nitrogens is 1. The smallest absolute Gasteiger partial charge is 0.243 e. The summed E-state index contributed by atoms with van der Waals surface area (Å²) in [5.74, 6) is 0.736. The van der Waals surface area contributed by atoms with E-state index in [4.69, 9.17) is 9.47 Å². The third-order valence-corrected chi connectivity index (χ3v) is 7.60. The van der Waals surface area contributed by atoms with Crippen LogP contribution in [0, 0.1) is 6.92 Å². The number of aryl methyl sites for hydroxylation is 2. The van der Waals surface area contributed by atoms with Crippen LogP contribution in [0.5, 0.6) is 5.75 Å². The van der Waals surface area contributed by atoms with E-state index < -0.39 is 10.0 Å². The number of ether oxygens (including phenoxy) is 2. The lowest BCUT2D eigenvalue weighted by Gasteiger charge is -2.26. The zero-order valence-corrected chi connectivity index (χ0v) is 19.0. The van der Waals surface area contributed by atoms with Gasteiger partial charge in [-0.1, -0.05) is 12.1 Å². The Morgan fingerprint density at radius 3 is 2.50 bits per heavy atom. The molecule has 2 heterocycles. The van der Waals surface area contributed by atoms with Crippen molar-refractivity contribution in [3.63, 3.8) is 0 Å². The average Bonchev–Trinajstić information content (AvgIpc) is 2.82. The number of ketones is 1. The Kier molecular flexibility index (Phi) is 6.55. The SMILES string of the molecule is COc1ccc2cc(C(=O)CCc3ccc(S(=O)(=O)N4CCOCC4)cc3)c(C)nc2c1. The van der Waals surface area contributed by atoms with Gasteiger partial charge in [0.25, 0.3) is 0 Å². The summed E-state index contributed by atoms with van der Waals surface area (Å²) in [5.41, 5.74) is 2.99. The normalized spacial score (nSPS) is 15.1. The van der Waals surface area contributed by atoms with Crippen molar-refractivity contribution in [1.29, 1.82) is 0 Å². The summed E-state index contributed by atoms with van der Waals surface area (Å²) in [4.78, 5) is 17.7. The molecule has 8 heteroatoms. The molecule has 0 atom stereocenters. The summed E-state index contributed by atoms with van der Waals surface area (Å²) < 4.78 is 37.4. The maximum atomic E-state index is 12.9. The highest BCUT2D eigenvalue weighted by atomic mass is 32.2. The molecule has 0 N–H and O–H groups in total. The Labute approximate surface area is 188 Å². The molecule has 4 rings (SSSR count). The molecule has 0 unspecified atom stereocenters. The number of benzene rings is 2. The zero-order chi connectivity index (χ0) is 22.7. The number of pyridine rings is 1. The molecule has 0 aliphatic carbocycles. The van der Waals surface area contributed by atoms with Gasteiger partial charge in [0.15, 0.2) is 5.78 Å². The first-order chi connectivity index (χ1) is 15.4. The Morgan fingerprint density at radius 1 is 1.09 bits per heavy atom. The van der Waals surface area contributed by atoms with Crippen molar-refractivity contribution in [3.8, 4) is 5.75 Å². The average molecular weight is 455 g/mol. The fourth-order valence-corrected chi connectivity index (χ4v) is 5.22. The summed E-state index contributed by atoms with van der Waals surface area (Å²) in [6.45, 7) is 3.39. The van der Waals surface area contributed by atoms with Gasteiger partial charge in [-0.25, -0.2) is 8.42 Å². The lowest BCUT2D eigenvalue weighted by atomic mass is 10.0. The molecule has 168 valence electrons. The van der Waals surface area contributed by atoms with E-state index in [0.29, 0.717) is 50.4 Å². The Balaban J connectivity index is 1.44. The second kappa shape index (κ2) is 9.36. The molecule has 0 spiro atoms. The van der Waals surface area contributed by atoms with Crippen LogP contribution in [-0.4, -0.2) is 56.9 Å². The molecule has 32 heavy (non-hydrogen) atoms. The topological polar surface area (TPSA) is 85.8 Å². The van der Waals surface area contributed by atoms with Crippen LogP contribution in [0.15, 0.2) is 53.4 Å². The van der Waals surface area contributed by atoms with E-state index in [2.05, 4.69) is 4.98 Å². The first-order valence-electron chi connectivity index (χ1n) is 10.5. The minimum Gasteiger partial charge on any atom is -0.497 e. The van der Waals surface area contributed by atoms with Crippen LogP contribution in [0.25, 0.3) is 10.9 Å². The number of nitrogens with zero attached hydrogens (tertiary/aromatic N) is 2. The molecule has 1 saturated heterocycles. The van der Waals surface area contributed by atoms with E-state index in [1.54, 1.807) is 31.4 Å². The van der Waals surface area contributed by atoms with Gasteiger partial charge in [-0.2, -0.15) is 4.31 Å². The molecule has 0 bridgehead atoms. The highest BCUT2D eigenvalue weighted by Crippen LogP contribution is 2.23. The van der Waals surface area contributed by atoms with Gasteiger partial charge < -0.3 is 9.47 Å². The molecule has 2 aromatic carbocycles. The van der Waals surface area contributed by atoms with E-state index in [0.717, 1.165) is 22.2 Å². The summed E-state index contributed by atoms with van der Waals surface area (Å²) in [5, 5.41) is 0.887. The molecular weight excluding hydrogens is 428 g/mol. The summed E-state index contributed by atoms with van der Waals surface area (Å²) in [7, 11) is -1.91. The number of carbonyl (C=O) groups excluding carboxylic acids is 1. The Morgan fingerprint density at radius 2 is 1.81 bits per heavy atom. The Hall–Kier alpha value is -2.81. The van der Waals surface area contributed by atoms with Crippen LogP contribution in [0.3, 0.4) is 0 Å². The standard InChI is InChI=1S/C24H26N2O5S/c1-17-22(15-19-6-7-20(30-2)16-23(19)25-17)24(27)10-5-18-3-8-21(9-4-18)32(28,29)26-11-13-31-14-12-26/h3-4,6-9,15-16H,5,10-14H2,1-2H3. The number of hydrogen-bond acceptors (Lipinski definition) is 6. The van der Waals surface area contributed by atoms with Crippen molar-refractivity contribution >= 4 is 26.7 Å². The summed E-state index contributed by atoms with van der Waals surface area (Å²) in [6, 6.07) is 14.2. The second-order valence-corrected chi connectivity index (χ2v) is 9.70. The second-order valence-electron chi connectivity index (χ2n) is 7.76. The van der Waals surface area contributed by atoms with Gasteiger partial charge in [-0.05, 0) is 49.2 Å². The molecule has 0 radical (unpaired) electrons. The molecule has 1 aliphatic heterocycles. The molecule has 1 fully saturated rings. The summed E-state index contributed by atoms with van der Waals surface area (Å²) in [6.07, 6.45) is 0.844. The number of sulfonamides is 1. The number of carbonyl (C=O) groups is 1. The third kappa shape index (κ3) is 4.67. The molecule has 0 saturated carbocycles. The van der Waals surface area contributed by atoms with Crippen LogP contribution in [0.4, 0.5) is 0 Å². The van der Waals surface area contributed by atoms with Crippen LogP contribution >= 0.6 is 0 Å². The van der Waals surface area contributed by atoms with Crippen molar-refractivity contribution < 1.29 is 22.7 Å². The molecule has 7 nitrogen and oxygen atoms in total. The summed E-state index contributed by atoms with van der Waals surface area (Å²) >= 11 is 0. The minimum atomic E-state index is -3.52. The maximum Gasteiger partial charge on any atom is 0.243 e. The third-order valence-electron chi connectivity index (χ3n) is 5.69. The first kappa shape index (κ1) is 22.4. The van der Waals surface area contributed by atoms with Crippen LogP contribution in [0.1, 0.15) is 28.0 Å². The first-order valence-corrected chi connectivity index (χ1v) is 12.0. The Bertz CT molecular complexity index is 1230. The molecule has 1 aliphatic rings.